The number of ether oxygens (including phenoxy) is 1. The van der Waals surface area contributed by atoms with Crippen LogP contribution >= 0.6 is 0 Å². The second-order valence-electron chi connectivity index (χ2n) is 7.38. The molecule has 0 N–H and O–H groups in total. The number of ketones is 1. The number of carbonyl (C=O) groups is 2. The summed E-state index contributed by atoms with van der Waals surface area (Å²) in [6.07, 6.45) is 4.08. The Hall–Kier alpha value is -1.91. The number of hydrogen-bond donors (Lipinski definition) is 0. The predicted molar refractivity (Wildman–Crippen MR) is 87.4 cm³/mol. The molecule has 2 fully saturated rings. The van der Waals surface area contributed by atoms with Crippen molar-refractivity contribution in [1.29, 1.82) is 0 Å². The van der Waals surface area contributed by atoms with Gasteiger partial charge in [0.1, 0.15) is 23.5 Å². The van der Waals surface area contributed by atoms with Crippen LogP contribution in [0.2, 0.25) is 0 Å². The molecule has 1 heterocycles. The first-order chi connectivity index (χ1) is 11.5. The molecule has 1 aromatic rings. The Kier molecular flexibility index (Phi) is 3.82. The first-order valence-corrected chi connectivity index (χ1v) is 8.84. The number of Topliss-reactive ketones (excluding diaryl/α,β-unsaturated/α-hetero) is 1. The van der Waals surface area contributed by atoms with Gasteiger partial charge in [-0.3, -0.25) is 9.59 Å². The molecule has 128 valence electrons. The average Bonchev–Trinajstić information content (AvgIpc) is 2.52. The number of fused-ring (bicyclic) bond motifs is 3. The molecule has 0 saturated heterocycles. The molecule has 4 rings (SSSR count). The van der Waals surface area contributed by atoms with E-state index in [1.54, 1.807) is 11.0 Å². The van der Waals surface area contributed by atoms with Crippen LogP contribution in [0, 0.1) is 23.6 Å². The number of carbonyl (C=O) groups excluding carboxylic acids is 2. The zero-order valence-corrected chi connectivity index (χ0v) is 13.8. The van der Waals surface area contributed by atoms with E-state index in [9.17, 15) is 14.0 Å². The summed E-state index contributed by atoms with van der Waals surface area (Å²) in [5.74, 6) is 0.476. The highest BCUT2D eigenvalue weighted by Gasteiger charge is 2.43. The highest BCUT2D eigenvalue weighted by molar-refractivity contribution is 5.98. The third-order valence-corrected chi connectivity index (χ3v) is 5.64. The fourth-order valence-electron chi connectivity index (χ4n) is 4.53. The maximum atomic E-state index is 13.5. The van der Waals surface area contributed by atoms with Crippen molar-refractivity contribution in [2.75, 3.05) is 11.4 Å². The first kappa shape index (κ1) is 15.6. The summed E-state index contributed by atoms with van der Waals surface area (Å²) in [4.78, 5) is 27.1. The van der Waals surface area contributed by atoms with Gasteiger partial charge in [0, 0.05) is 23.8 Å². The third kappa shape index (κ3) is 2.60. The van der Waals surface area contributed by atoms with Crippen molar-refractivity contribution < 1.29 is 18.7 Å². The number of anilines is 1. The minimum Gasteiger partial charge on any atom is -0.487 e. The molecule has 3 aliphatic rings. The number of amides is 1. The van der Waals surface area contributed by atoms with Crippen LogP contribution in [-0.4, -0.2) is 24.3 Å². The van der Waals surface area contributed by atoms with E-state index in [2.05, 4.69) is 0 Å². The molecular formula is C19H22FNO3. The van der Waals surface area contributed by atoms with Crippen LogP contribution in [0.1, 0.15) is 39.0 Å². The van der Waals surface area contributed by atoms with Gasteiger partial charge in [-0.05, 0) is 44.7 Å². The minimum atomic E-state index is -0.368. The highest BCUT2D eigenvalue weighted by atomic mass is 19.1. The molecule has 2 aliphatic carbocycles. The monoisotopic (exact) mass is 331 g/mol. The molecule has 5 heteroatoms. The van der Waals surface area contributed by atoms with Crippen LogP contribution in [-0.2, 0) is 9.59 Å². The Morgan fingerprint density at radius 3 is 2.67 bits per heavy atom. The van der Waals surface area contributed by atoms with Gasteiger partial charge in [0.2, 0.25) is 5.91 Å². The fraction of sp³-hybridized carbons (Fsp3) is 0.579. The quantitative estimate of drug-likeness (QED) is 0.793. The number of rotatable bonds is 1. The van der Waals surface area contributed by atoms with Gasteiger partial charge in [0.15, 0.2) is 0 Å². The topological polar surface area (TPSA) is 46.6 Å². The van der Waals surface area contributed by atoms with Gasteiger partial charge in [0.05, 0.1) is 12.2 Å². The molecule has 0 spiro atoms. The van der Waals surface area contributed by atoms with Gasteiger partial charge in [0.25, 0.3) is 0 Å². The van der Waals surface area contributed by atoms with Gasteiger partial charge in [-0.1, -0.05) is 6.42 Å². The molecule has 3 atom stereocenters. The lowest BCUT2D eigenvalue weighted by molar-refractivity contribution is -0.137. The van der Waals surface area contributed by atoms with E-state index in [0.717, 1.165) is 19.3 Å². The van der Waals surface area contributed by atoms with Crippen molar-refractivity contribution >= 4 is 17.4 Å². The molecule has 1 amide bonds. The van der Waals surface area contributed by atoms with Crippen LogP contribution in [0.4, 0.5) is 10.1 Å². The van der Waals surface area contributed by atoms with Crippen LogP contribution in [0.25, 0.3) is 0 Å². The van der Waals surface area contributed by atoms with Crippen LogP contribution < -0.4 is 9.64 Å². The number of hydrogen-bond acceptors (Lipinski definition) is 3. The zero-order valence-electron chi connectivity index (χ0n) is 13.8. The summed E-state index contributed by atoms with van der Waals surface area (Å²) in [6, 6.07) is 4.31. The van der Waals surface area contributed by atoms with Crippen molar-refractivity contribution in [2.45, 2.75) is 45.1 Å². The number of benzene rings is 1. The molecule has 2 bridgehead atoms. The molecule has 0 aromatic heterocycles. The normalized spacial score (nSPS) is 32.1. The first-order valence-electron chi connectivity index (χ1n) is 8.84. The summed E-state index contributed by atoms with van der Waals surface area (Å²) < 4.78 is 19.2. The zero-order chi connectivity index (χ0) is 16.8. The summed E-state index contributed by atoms with van der Waals surface area (Å²) in [5, 5.41) is 0. The molecular weight excluding hydrogens is 309 g/mol. The van der Waals surface area contributed by atoms with Crippen molar-refractivity contribution in [3.63, 3.8) is 0 Å². The Morgan fingerprint density at radius 2 is 1.96 bits per heavy atom. The Bertz CT molecular complexity index is 673. The van der Waals surface area contributed by atoms with Crippen LogP contribution in [0.3, 0.4) is 0 Å². The lowest BCUT2D eigenvalue weighted by Crippen LogP contribution is -2.48. The second kappa shape index (κ2) is 5.87. The van der Waals surface area contributed by atoms with E-state index in [4.69, 9.17) is 4.74 Å². The fourth-order valence-corrected chi connectivity index (χ4v) is 4.53. The summed E-state index contributed by atoms with van der Waals surface area (Å²) in [5.41, 5.74) is 0.640. The Labute approximate surface area is 141 Å². The molecule has 4 nitrogen and oxygen atoms in total. The number of halogens is 1. The van der Waals surface area contributed by atoms with E-state index < -0.39 is 0 Å². The van der Waals surface area contributed by atoms with Crippen molar-refractivity contribution in [2.24, 2.45) is 17.8 Å². The van der Waals surface area contributed by atoms with Crippen molar-refractivity contribution in [1.82, 2.24) is 0 Å². The number of nitrogens with zero attached hydrogens (tertiary/aromatic N) is 1. The SMILES string of the molecule is CC1CN(C(=O)C2CC3CCCC(C2)C3=O)c2ccc(F)cc2O1. The largest absolute Gasteiger partial charge is 0.487 e. The standard InChI is InChI=1S/C19H22FNO3/c1-11-10-21(16-6-5-15(20)9-17(16)24-11)19(23)14-7-12-3-2-4-13(8-14)18(12)22/h5-6,9,11-14H,2-4,7-8,10H2,1H3. The van der Waals surface area contributed by atoms with Gasteiger partial charge in [-0.25, -0.2) is 4.39 Å². The van der Waals surface area contributed by atoms with E-state index in [-0.39, 0.29) is 35.6 Å². The maximum absolute atomic E-state index is 13.5. The lowest BCUT2D eigenvalue weighted by atomic mass is 9.67. The maximum Gasteiger partial charge on any atom is 0.230 e. The van der Waals surface area contributed by atoms with Crippen LogP contribution in [0.15, 0.2) is 18.2 Å². The lowest BCUT2D eigenvalue weighted by Gasteiger charge is -2.40. The molecule has 0 radical (unpaired) electrons. The Morgan fingerprint density at radius 1 is 1.25 bits per heavy atom. The molecule has 24 heavy (non-hydrogen) atoms. The molecule has 3 unspecified atom stereocenters. The smallest absolute Gasteiger partial charge is 0.230 e. The van der Waals surface area contributed by atoms with Crippen molar-refractivity contribution in [3.8, 4) is 5.75 Å². The summed E-state index contributed by atoms with van der Waals surface area (Å²) >= 11 is 0. The molecule has 1 aromatic carbocycles. The third-order valence-electron chi connectivity index (χ3n) is 5.64. The summed E-state index contributed by atoms with van der Waals surface area (Å²) in [6.45, 7) is 2.35. The Balaban J connectivity index is 1.60. The van der Waals surface area contributed by atoms with Gasteiger partial charge in [-0.2, -0.15) is 0 Å². The van der Waals surface area contributed by atoms with E-state index >= 15 is 0 Å². The average molecular weight is 331 g/mol. The van der Waals surface area contributed by atoms with Crippen molar-refractivity contribution in [3.05, 3.63) is 24.0 Å². The van der Waals surface area contributed by atoms with E-state index in [1.165, 1.54) is 12.1 Å². The van der Waals surface area contributed by atoms with Gasteiger partial charge < -0.3 is 9.64 Å². The highest BCUT2D eigenvalue weighted by Crippen LogP contribution is 2.42. The van der Waals surface area contributed by atoms with Gasteiger partial charge in [-0.15, -0.1) is 0 Å². The van der Waals surface area contributed by atoms with Gasteiger partial charge >= 0.3 is 0 Å². The second-order valence-corrected chi connectivity index (χ2v) is 7.38. The molecule has 2 saturated carbocycles. The van der Waals surface area contributed by atoms with Crippen LogP contribution in [0.5, 0.6) is 5.75 Å². The molecule has 1 aliphatic heterocycles. The minimum absolute atomic E-state index is 0.0533. The predicted octanol–water partition coefficient (Wildman–Crippen LogP) is 3.34. The van der Waals surface area contributed by atoms with E-state index in [0.29, 0.717) is 36.6 Å². The summed E-state index contributed by atoms with van der Waals surface area (Å²) in [7, 11) is 0. The van der Waals surface area contributed by atoms with E-state index in [1.807, 2.05) is 6.92 Å².